The molecular formula is C53H64ClFN8O9S. The van der Waals surface area contributed by atoms with E-state index in [4.69, 9.17) is 26.1 Å². The number of rotatable bonds is 14. The summed E-state index contributed by atoms with van der Waals surface area (Å²) in [6.07, 6.45) is 6.45. The number of piperazine rings is 1. The van der Waals surface area contributed by atoms with Crippen molar-refractivity contribution in [3.05, 3.63) is 106 Å². The zero-order valence-electron chi connectivity index (χ0n) is 41.1. The van der Waals surface area contributed by atoms with Gasteiger partial charge in [-0.25, -0.2) is 22.7 Å². The second-order valence-electron chi connectivity index (χ2n) is 21.2. The van der Waals surface area contributed by atoms with Crippen molar-refractivity contribution < 1.29 is 47.7 Å². The van der Waals surface area contributed by atoms with Gasteiger partial charge in [0.05, 0.1) is 52.3 Å². The van der Waals surface area contributed by atoms with Crippen LogP contribution in [0.4, 0.5) is 32.8 Å². The summed E-state index contributed by atoms with van der Waals surface area (Å²) in [6, 6.07) is 20.6. The van der Waals surface area contributed by atoms with Gasteiger partial charge in [-0.1, -0.05) is 37.6 Å². The minimum absolute atomic E-state index is 0.0537. The van der Waals surface area contributed by atoms with E-state index in [1.807, 2.05) is 53.4 Å². The first-order chi connectivity index (χ1) is 35.0. The van der Waals surface area contributed by atoms with Gasteiger partial charge < -0.3 is 45.0 Å². The van der Waals surface area contributed by atoms with Gasteiger partial charge in [0.2, 0.25) is 5.88 Å². The van der Waals surface area contributed by atoms with Crippen LogP contribution in [0.25, 0.3) is 16.6 Å². The standard InChI is InChI=1S/C53H64ClFN8O9S/c1-52(2)27-40(34-7-9-36(54)10-8-34)41(47(64)28-52)30-61-19-18-60(31-46(61)48-6-3-4-20-71-48)37-11-13-39(43(23-37)62-17-5-21-72-51-45(62)22-35-15-16-56-49(35)58-51)50(65)59-73(69,70)38-12-14-42(44(24-38)63(67)68)57-29-33-25-53(66,26-33)32-55/h7-16,22-24,33,46-48,57,63-64,66-67H,3-6,17-21,25-32H2,1-2H3,(H,56,58)(H,59,65)/t33?,46?,47-,48?,53?/m1/s1. The molecule has 7 N–H and O–H groups in total. The van der Waals surface area contributed by atoms with Crippen LogP contribution in [0.2, 0.25) is 5.02 Å². The summed E-state index contributed by atoms with van der Waals surface area (Å²) in [5.41, 5.74) is 4.07. The van der Waals surface area contributed by atoms with E-state index in [1.54, 1.807) is 12.3 Å². The highest BCUT2D eigenvalue weighted by Gasteiger charge is 2.43. The third kappa shape index (κ3) is 10.9. The number of allylic oxidation sites excluding steroid dienone is 1. The third-order valence-electron chi connectivity index (χ3n) is 15.3. The molecule has 3 fully saturated rings. The second-order valence-corrected chi connectivity index (χ2v) is 23.3. The Kier molecular flexibility index (Phi) is 14.5. The van der Waals surface area contributed by atoms with Crippen LogP contribution in [-0.4, -0.2) is 128 Å². The number of aromatic nitrogens is 2. The van der Waals surface area contributed by atoms with Crippen molar-refractivity contribution in [2.45, 2.75) is 94.0 Å². The smallest absolute Gasteiger partial charge is 0.267 e. The lowest BCUT2D eigenvalue weighted by Crippen LogP contribution is -2.99. The highest BCUT2D eigenvalue weighted by Crippen LogP contribution is 2.45. The number of amides is 1. The van der Waals surface area contributed by atoms with Crippen molar-refractivity contribution in [1.29, 1.82) is 0 Å². The Morgan fingerprint density at radius 1 is 1.00 bits per heavy atom. The van der Waals surface area contributed by atoms with E-state index in [0.29, 0.717) is 86.7 Å². The van der Waals surface area contributed by atoms with Crippen molar-refractivity contribution in [1.82, 2.24) is 19.6 Å². The number of alkyl halides is 1. The number of pyridine rings is 1. The molecule has 2 saturated heterocycles. The molecule has 0 radical (unpaired) electrons. The fourth-order valence-electron chi connectivity index (χ4n) is 11.5. The number of carbonyl (C=O) groups excluding carboxylic acids is 1. The Morgan fingerprint density at radius 3 is 2.56 bits per heavy atom. The Bertz CT molecular complexity index is 2980. The third-order valence-corrected chi connectivity index (χ3v) is 16.9. The molecule has 5 heterocycles. The van der Waals surface area contributed by atoms with Crippen LogP contribution in [0.1, 0.15) is 81.1 Å². The number of anilines is 4. The molecule has 0 bridgehead atoms. The lowest BCUT2D eigenvalue weighted by Gasteiger charge is -2.48. The van der Waals surface area contributed by atoms with Gasteiger partial charge in [0.25, 0.3) is 15.9 Å². The lowest BCUT2D eigenvalue weighted by atomic mass is 9.71. The SMILES string of the molecule is CC1(C)CC(c2ccc(Cl)cc2)=C(CN2CCN(c3ccc(C(=O)NS(=O)(=O)c4ccc(NCC5CC(O)(CF)C5)c([NH+]([O-])O)c4)c(N4CCCOc5nc6[nH]ccc6cc54)c3)CC2C2CCCCO2)[C@H](O)C1. The molecule has 20 heteroatoms. The van der Waals surface area contributed by atoms with Gasteiger partial charge in [0.15, 0.2) is 5.69 Å². The second kappa shape index (κ2) is 20.8. The molecule has 390 valence electrons. The van der Waals surface area contributed by atoms with E-state index in [2.05, 4.69) is 38.7 Å². The molecule has 17 nitrogen and oxygen atoms in total. The number of fused-ring (bicyclic) bond motifs is 2. The highest BCUT2D eigenvalue weighted by molar-refractivity contribution is 7.90. The van der Waals surface area contributed by atoms with Gasteiger partial charge in [-0.3, -0.25) is 9.69 Å². The number of nitrogens with zero attached hydrogens (tertiary/aromatic N) is 4. The normalized spacial score (nSPS) is 25.1. The van der Waals surface area contributed by atoms with E-state index < -0.39 is 44.4 Å². The molecule has 1 saturated carbocycles. The first kappa shape index (κ1) is 51.1. The first-order valence-electron chi connectivity index (χ1n) is 25.2. The van der Waals surface area contributed by atoms with E-state index in [0.717, 1.165) is 59.5 Å². The average molecular weight is 1040 g/mol. The van der Waals surface area contributed by atoms with Crippen LogP contribution < -0.4 is 29.8 Å². The largest absolute Gasteiger partial charge is 0.595 e. The zero-order valence-corrected chi connectivity index (χ0v) is 42.7. The fraction of sp³-hybridized carbons (Fsp3) is 0.472. The average Bonchev–Trinajstić information content (AvgIpc) is 3.73. The number of benzene rings is 3. The summed E-state index contributed by atoms with van der Waals surface area (Å²) in [6.45, 7) is 7.60. The molecule has 1 amide bonds. The number of H-pyrrole nitrogens is 1. The monoisotopic (exact) mass is 1040 g/mol. The number of hydrogen-bond acceptors (Lipinski definition) is 14. The lowest BCUT2D eigenvalue weighted by molar-refractivity contribution is -0.990. The van der Waals surface area contributed by atoms with Gasteiger partial charge in [0.1, 0.15) is 18.0 Å². The van der Waals surface area contributed by atoms with E-state index in [1.165, 1.54) is 12.1 Å². The molecule has 5 aromatic rings. The summed E-state index contributed by atoms with van der Waals surface area (Å²) < 4.78 is 56.4. The van der Waals surface area contributed by atoms with Crippen molar-refractivity contribution in [2.24, 2.45) is 11.3 Å². The molecule has 2 aromatic heterocycles. The number of hydrogen-bond donors (Lipinski definition) is 7. The minimum Gasteiger partial charge on any atom is -0.595 e. The zero-order chi connectivity index (χ0) is 51.2. The summed E-state index contributed by atoms with van der Waals surface area (Å²) in [4.78, 5) is 28.8. The van der Waals surface area contributed by atoms with Gasteiger partial charge in [-0.2, -0.15) is 10.2 Å². The van der Waals surface area contributed by atoms with Gasteiger partial charge in [-0.05, 0) is 134 Å². The Hall–Kier alpha value is -5.35. The first-order valence-corrected chi connectivity index (χ1v) is 27.1. The summed E-state index contributed by atoms with van der Waals surface area (Å²) >= 11 is 6.34. The summed E-state index contributed by atoms with van der Waals surface area (Å²) in [7, 11) is -4.65. The number of nitrogens with one attached hydrogen (secondary N) is 4. The van der Waals surface area contributed by atoms with Crippen molar-refractivity contribution >= 4 is 72.6 Å². The topological polar surface area (TPSA) is 220 Å². The number of carbonyl (C=O) groups is 1. The maximum Gasteiger partial charge on any atom is 0.267 e. The van der Waals surface area contributed by atoms with Crippen molar-refractivity contribution in [3.8, 4) is 5.88 Å². The maximum atomic E-state index is 14.6. The van der Waals surface area contributed by atoms with Crippen LogP contribution >= 0.6 is 11.6 Å². The molecule has 3 unspecified atom stereocenters. The molecule has 3 aromatic carbocycles. The van der Waals surface area contributed by atoms with E-state index in [-0.39, 0.29) is 59.8 Å². The van der Waals surface area contributed by atoms with Gasteiger partial charge in [0, 0.05) is 74.2 Å². The minimum atomic E-state index is -4.65. The van der Waals surface area contributed by atoms with Crippen LogP contribution in [0.15, 0.2) is 89.5 Å². The number of ether oxygens (including phenoxy) is 2. The van der Waals surface area contributed by atoms with Crippen molar-refractivity contribution in [3.63, 3.8) is 0 Å². The Labute approximate surface area is 429 Å². The number of aliphatic hydroxyl groups excluding tert-OH is 1. The summed E-state index contributed by atoms with van der Waals surface area (Å²) in [5.74, 6) is -0.673. The Morgan fingerprint density at radius 2 is 1.81 bits per heavy atom. The number of aromatic amines is 1. The van der Waals surface area contributed by atoms with Crippen LogP contribution in [0, 0.1) is 16.5 Å². The molecule has 5 aliphatic rings. The molecular weight excluding hydrogens is 979 g/mol. The van der Waals surface area contributed by atoms with E-state index >= 15 is 0 Å². The maximum absolute atomic E-state index is 14.6. The predicted molar refractivity (Wildman–Crippen MR) is 277 cm³/mol. The Balaban J connectivity index is 0.971. The molecule has 2 aliphatic carbocycles. The molecule has 3 aliphatic heterocycles. The van der Waals surface area contributed by atoms with Gasteiger partial charge in [-0.15, -0.1) is 0 Å². The van der Waals surface area contributed by atoms with Crippen LogP contribution in [-0.2, 0) is 14.8 Å². The molecule has 73 heavy (non-hydrogen) atoms. The van der Waals surface area contributed by atoms with Crippen molar-refractivity contribution in [2.75, 3.05) is 74.3 Å². The molecule has 10 rings (SSSR count). The highest BCUT2D eigenvalue weighted by atomic mass is 35.5. The number of halogens is 2. The molecule has 0 spiro atoms. The number of sulfonamides is 1. The quantitative estimate of drug-likeness (QED) is 0.0565. The predicted octanol–water partition coefficient (Wildman–Crippen LogP) is 6.88. The van der Waals surface area contributed by atoms with Crippen LogP contribution in [0.3, 0.4) is 0 Å². The van der Waals surface area contributed by atoms with E-state index in [9.17, 15) is 38.2 Å². The molecule has 4 atom stereocenters. The number of quaternary nitrogens is 1. The summed E-state index contributed by atoms with van der Waals surface area (Å²) in [5, 5.41) is 47.7. The van der Waals surface area contributed by atoms with Crippen LogP contribution in [0.5, 0.6) is 5.88 Å². The van der Waals surface area contributed by atoms with Gasteiger partial charge >= 0.3 is 0 Å². The number of aliphatic hydroxyl groups is 2. The fourth-order valence-corrected chi connectivity index (χ4v) is 12.6.